The highest BCUT2D eigenvalue weighted by molar-refractivity contribution is 5.96. The molecule has 0 radical (unpaired) electrons. The molecular weight excluding hydrogens is 262 g/mol. The fourth-order valence-electron chi connectivity index (χ4n) is 3.61. The minimum Gasteiger partial charge on any atom is -0.324 e. The normalized spacial score (nSPS) is 28.2. The zero-order valence-corrected chi connectivity index (χ0v) is 12.1. The van der Waals surface area contributed by atoms with Crippen molar-refractivity contribution in [3.8, 4) is 6.07 Å². The number of fused-ring (bicyclic) bond motifs is 1. The second kappa shape index (κ2) is 6.28. The average molecular weight is 283 g/mol. The van der Waals surface area contributed by atoms with Crippen LogP contribution in [0.25, 0.3) is 0 Å². The molecule has 1 amide bonds. The molecule has 3 atom stereocenters. The van der Waals surface area contributed by atoms with Gasteiger partial charge in [0.1, 0.15) is 6.07 Å². The van der Waals surface area contributed by atoms with E-state index in [0.717, 1.165) is 18.8 Å². The molecule has 1 aliphatic heterocycles. The topological polar surface area (TPSA) is 64.9 Å². The largest absolute Gasteiger partial charge is 0.324 e. The number of amides is 1. The Morgan fingerprint density at radius 3 is 2.86 bits per heavy atom. The van der Waals surface area contributed by atoms with Gasteiger partial charge in [0.15, 0.2) is 0 Å². The molecule has 1 saturated carbocycles. The van der Waals surface area contributed by atoms with Crippen molar-refractivity contribution in [3.63, 3.8) is 0 Å². The lowest BCUT2D eigenvalue weighted by molar-refractivity contribution is -0.119. The number of carbonyl (C=O) groups excluding carboxylic acids is 1. The zero-order chi connectivity index (χ0) is 14.7. The fraction of sp³-hybridized carbons (Fsp3) is 0.529. The number of nitrogens with zero attached hydrogens (tertiary/aromatic N) is 1. The van der Waals surface area contributed by atoms with E-state index in [0.29, 0.717) is 17.3 Å². The highest BCUT2D eigenvalue weighted by atomic mass is 16.2. The molecule has 110 valence electrons. The number of nitriles is 1. The maximum Gasteiger partial charge on any atom is 0.241 e. The van der Waals surface area contributed by atoms with Crippen LogP contribution in [-0.4, -0.2) is 18.0 Å². The van der Waals surface area contributed by atoms with Crippen LogP contribution in [0.4, 0.5) is 5.69 Å². The average Bonchev–Trinajstić information content (AvgIpc) is 2.55. The van der Waals surface area contributed by atoms with Crippen molar-refractivity contribution in [2.24, 2.45) is 5.92 Å². The third kappa shape index (κ3) is 3.08. The summed E-state index contributed by atoms with van der Waals surface area (Å²) in [4.78, 5) is 12.4. The number of nitrogens with one attached hydrogen (secondary N) is 2. The summed E-state index contributed by atoms with van der Waals surface area (Å²) < 4.78 is 0. The molecule has 2 aliphatic rings. The van der Waals surface area contributed by atoms with Crippen molar-refractivity contribution in [1.29, 1.82) is 5.26 Å². The van der Waals surface area contributed by atoms with E-state index in [1.807, 2.05) is 6.07 Å². The Morgan fingerprint density at radius 2 is 2.00 bits per heavy atom. The van der Waals surface area contributed by atoms with Crippen LogP contribution >= 0.6 is 0 Å². The molecule has 1 heterocycles. The number of carbonyl (C=O) groups is 1. The molecule has 2 N–H and O–H groups in total. The Bertz CT molecular complexity index is 563. The number of para-hydroxylation sites is 1. The van der Waals surface area contributed by atoms with E-state index in [4.69, 9.17) is 5.26 Å². The summed E-state index contributed by atoms with van der Waals surface area (Å²) in [5.74, 6) is 0.732. The molecule has 2 fully saturated rings. The van der Waals surface area contributed by atoms with Gasteiger partial charge < -0.3 is 10.6 Å². The zero-order valence-electron chi connectivity index (χ0n) is 12.1. The predicted molar refractivity (Wildman–Crippen MR) is 81.7 cm³/mol. The molecule has 1 aromatic carbocycles. The van der Waals surface area contributed by atoms with Crippen LogP contribution in [-0.2, 0) is 4.79 Å². The number of anilines is 1. The molecule has 21 heavy (non-hydrogen) atoms. The first-order valence-corrected chi connectivity index (χ1v) is 7.84. The third-order valence-corrected chi connectivity index (χ3v) is 4.77. The summed E-state index contributed by atoms with van der Waals surface area (Å²) in [6.45, 7) is 0. The second-order valence-corrected chi connectivity index (χ2v) is 6.09. The molecule has 4 nitrogen and oxygen atoms in total. The standard InChI is InChI=1S/C17H21N3O/c18-11-13-6-2-4-8-15(13)20-17(21)16-10-9-12-5-1-3-7-14(12)19-16/h2,4,6,8,12,14,16,19H,1,3,5,7,9-10H2,(H,20,21). The second-order valence-electron chi connectivity index (χ2n) is 6.09. The van der Waals surface area contributed by atoms with Crippen LogP contribution < -0.4 is 10.6 Å². The van der Waals surface area contributed by atoms with Gasteiger partial charge in [-0.1, -0.05) is 25.0 Å². The fourth-order valence-corrected chi connectivity index (χ4v) is 3.61. The molecule has 1 aromatic rings. The number of benzene rings is 1. The Labute approximate surface area is 125 Å². The monoisotopic (exact) mass is 283 g/mol. The minimum atomic E-state index is -0.129. The van der Waals surface area contributed by atoms with Gasteiger partial charge in [-0.2, -0.15) is 5.26 Å². The summed E-state index contributed by atoms with van der Waals surface area (Å²) >= 11 is 0. The lowest BCUT2D eigenvalue weighted by Gasteiger charge is -2.39. The highest BCUT2D eigenvalue weighted by Crippen LogP contribution is 2.32. The first-order valence-electron chi connectivity index (χ1n) is 7.84. The van der Waals surface area contributed by atoms with Crippen molar-refractivity contribution in [2.75, 3.05) is 5.32 Å². The van der Waals surface area contributed by atoms with Gasteiger partial charge in [0.05, 0.1) is 17.3 Å². The Kier molecular flexibility index (Phi) is 4.21. The molecule has 1 saturated heterocycles. The summed E-state index contributed by atoms with van der Waals surface area (Å²) in [6.07, 6.45) is 7.10. The summed E-state index contributed by atoms with van der Waals surface area (Å²) in [5.41, 5.74) is 1.12. The van der Waals surface area contributed by atoms with Crippen molar-refractivity contribution in [1.82, 2.24) is 5.32 Å². The van der Waals surface area contributed by atoms with Gasteiger partial charge in [-0.3, -0.25) is 4.79 Å². The number of hydrogen-bond donors (Lipinski definition) is 2. The lowest BCUT2D eigenvalue weighted by Crippen LogP contribution is -2.53. The maximum absolute atomic E-state index is 12.4. The van der Waals surface area contributed by atoms with E-state index in [-0.39, 0.29) is 11.9 Å². The Morgan fingerprint density at radius 1 is 1.19 bits per heavy atom. The summed E-state index contributed by atoms with van der Waals surface area (Å²) in [5, 5.41) is 15.5. The maximum atomic E-state index is 12.4. The van der Waals surface area contributed by atoms with Crippen molar-refractivity contribution >= 4 is 11.6 Å². The molecule has 1 aliphatic carbocycles. The first-order chi connectivity index (χ1) is 10.3. The van der Waals surface area contributed by atoms with Gasteiger partial charge in [-0.15, -0.1) is 0 Å². The van der Waals surface area contributed by atoms with Crippen LogP contribution in [0.5, 0.6) is 0 Å². The van der Waals surface area contributed by atoms with Crippen LogP contribution in [0.3, 0.4) is 0 Å². The smallest absolute Gasteiger partial charge is 0.241 e. The van der Waals surface area contributed by atoms with E-state index in [1.54, 1.807) is 18.2 Å². The van der Waals surface area contributed by atoms with Crippen molar-refractivity contribution in [2.45, 2.75) is 50.6 Å². The highest BCUT2D eigenvalue weighted by Gasteiger charge is 2.34. The predicted octanol–water partition coefficient (Wildman–Crippen LogP) is 2.81. The molecular formula is C17H21N3O. The van der Waals surface area contributed by atoms with Crippen LogP contribution in [0.15, 0.2) is 24.3 Å². The lowest BCUT2D eigenvalue weighted by atomic mass is 9.77. The van der Waals surface area contributed by atoms with E-state index < -0.39 is 0 Å². The van der Waals surface area contributed by atoms with E-state index in [9.17, 15) is 4.79 Å². The molecule has 3 rings (SSSR count). The third-order valence-electron chi connectivity index (χ3n) is 4.77. The first kappa shape index (κ1) is 14.1. The SMILES string of the molecule is N#Cc1ccccc1NC(=O)C1CCC2CCCCC2N1. The number of hydrogen-bond acceptors (Lipinski definition) is 3. The molecule has 3 unspecified atom stereocenters. The van der Waals surface area contributed by atoms with E-state index in [1.165, 1.54) is 25.7 Å². The molecule has 0 bridgehead atoms. The van der Waals surface area contributed by atoms with Gasteiger partial charge >= 0.3 is 0 Å². The van der Waals surface area contributed by atoms with Gasteiger partial charge in [0, 0.05) is 6.04 Å². The van der Waals surface area contributed by atoms with Crippen LogP contribution in [0.1, 0.15) is 44.1 Å². The van der Waals surface area contributed by atoms with Crippen LogP contribution in [0.2, 0.25) is 0 Å². The van der Waals surface area contributed by atoms with Gasteiger partial charge in [0.2, 0.25) is 5.91 Å². The quantitative estimate of drug-likeness (QED) is 0.877. The van der Waals surface area contributed by atoms with Crippen molar-refractivity contribution in [3.05, 3.63) is 29.8 Å². The Balaban J connectivity index is 1.64. The van der Waals surface area contributed by atoms with Gasteiger partial charge in [-0.25, -0.2) is 0 Å². The van der Waals surface area contributed by atoms with Gasteiger partial charge in [0.25, 0.3) is 0 Å². The van der Waals surface area contributed by atoms with E-state index in [2.05, 4.69) is 16.7 Å². The number of piperidine rings is 1. The van der Waals surface area contributed by atoms with E-state index >= 15 is 0 Å². The summed E-state index contributed by atoms with van der Waals surface area (Å²) in [6, 6.07) is 9.62. The van der Waals surface area contributed by atoms with Crippen molar-refractivity contribution < 1.29 is 4.79 Å². The molecule has 0 aromatic heterocycles. The molecule has 4 heteroatoms. The minimum absolute atomic E-state index is 0.0123. The van der Waals surface area contributed by atoms with Gasteiger partial charge in [-0.05, 0) is 43.7 Å². The van der Waals surface area contributed by atoms with Crippen LogP contribution in [0, 0.1) is 17.2 Å². The Hall–Kier alpha value is -1.86. The summed E-state index contributed by atoms with van der Waals surface area (Å²) in [7, 11) is 0. The number of rotatable bonds is 2. The molecule has 0 spiro atoms.